The molecule has 1 spiro atoms. The Morgan fingerprint density at radius 1 is 1.29 bits per heavy atom. The molecule has 2 fully saturated rings. The molecule has 9 heteroatoms. The van der Waals surface area contributed by atoms with Crippen LogP contribution in [0.3, 0.4) is 0 Å². The maximum Gasteiger partial charge on any atom is 0.325 e. The summed E-state index contributed by atoms with van der Waals surface area (Å²) in [6, 6.07) is 7.14. The van der Waals surface area contributed by atoms with Crippen molar-refractivity contribution < 1.29 is 14.4 Å². The van der Waals surface area contributed by atoms with Crippen molar-refractivity contribution in [1.29, 1.82) is 0 Å². The number of nitrogens with zero attached hydrogens (tertiary/aromatic N) is 3. The lowest BCUT2D eigenvalue weighted by molar-refractivity contribution is -0.134. The zero-order valence-electron chi connectivity index (χ0n) is 15.1. The van der Waals surface area contributed by atoms with Gasteiger partial charge in [-0.2, -0.15) is 0 Å². The number of imide groups is 1. The molecule has 1 saturated heterocycles. The minimum absolute atomic E-state index is 0.340. The summed E-state index contributed by atoms with van der Waals surface area (Å²) in [6.07, 6.45) is 4.43. The fourth-order valence-electron chi connectivity index (χ4n) is 4.04. The largest absolute Gasteiger partial charge is 0.325 e. The minimum Gasteiger partial charge on any atom is -0.319 e. The Bertz CT molecular complexity index is 985. The van der Waals surface area contributed by atoms with Gasteiger partial charge in [0.2, 0.25) is 11.0 Å². The van der Waals surface area contributed by atoms with E-state index in [1.165, 1.54) is 11.3 Å². The van der Waals surface area contributed by atoms with Crippen molar-refractivity contribution >= 4 is 34.3 Å². The fraction of sp³-hybridized carbons (Fsp3) is 0.421. The van der Waals surface area contributed by atoms with Crippen LogP contribution in [0.15, 0.2) is 24.3 Å². The molecule has 144 valence electrons. The molecule has 1 saturated carbocycles. The molecule has 3 aliphatic rings. The molecule has 0 radical (unpaired) electrons. The van der Waals surface area contributed by atoms with Gasteiger partial charge in [-0.25, -0.2) is 4.79 Å². The summed E-state index contributed by atoms with van der Waals surface area (Å²) < 4.78 is 0. The van der Waals surface area contributed by atoms with E-state index in [1.54, 1.807) is 0 Å². The lowest BCUT2D eigenvalue weighted by Crippen LogP contribution is -2.47. The number of carbonyl (C=O) groups excluding carboxylic acids is 3. The molecule has 4 amide bonds. The van der Waals surface area contributed by atoms with E-state index in [9.17, 15) is 14.4 Å². The second-order valence-electron chi connectivity index (χ2n) is 7.51. The quantitative estimate of drug-likeness (QED) is 0.769. The second kappa shape index (κ2) is 6.37. The van der Waals surface area contributed by atoms with Gasteiger partial charge >= 0.3 is 6.03 Å². The summed E-state index contributed by atoms with van der Waals surface area (Å²) in [5.41, 5.74) is 0.838. The molecular weight excluding hydrogens is 378 g/mol. The van der Waals surface area contributed by atoms with E-state index in [0.29, 0.717) is 17.5 Å². The van der Waals surface area contributed by atoms with E-state index < -0.39 is 17.5 Å². The molecular formula is C19H19N5O3S. The van der Waals surface area contributed by atoms with Gasteiger partial charge in [0.1, 0.15) is 17.1 Å². The van der Waals surface area contributed by atoms with Gasteiger partial charge in [-0.1, -0.05) is 35.6 Å². The molecule has 5 rings (SSSR count). The zero-order chi connectivity index (χ0) is 19.3. The van der Waals surface area contributed by atoms with Crippen LogP contribution in [0, 0.1) is 0 Å². The van der Waals surface area contributed by atoms with Crippen molar-refractivity contribution in [3.05, 3.63) is 40.4 Å². The predicted octanol–water partition coefficient (Wildman–Crippen LogP) is 2.14. The molecule has 2 heterocycles. The number of hydrogen-bond donors (Lipinski definition) is 2. The first-order valence-electron chi connectivity index (χ1n) is 9.42. The van der Waals surface area contributed by atoms with Crippen molar-refractivity contribution in [3.8, 4) is 0 Å². The van der Waals surface area contributed by atoms with Crippen molar-refractivity contribution in [2.45, 2.75) is 43.6 Å². The van der Waals surface area contributed by atoms with Gasteiger partial charge in [0, 0.05) is 5.92 Å². The van der Waals surface area contributed by atoms with Crippen LogP contribution in [-0.4, -0.2) is 39.5 Å². The van der Waals surface area contributed by atoms with Crippen molar-refractivity contribution in [2.75, 3.05) is 11.9 Å². The number of anilines is 1. The first kappa shape index (κ1) is 17.3. The van der Waals surface area contributed by atoms with Crippen molar-refractivity contribution in [3.63, 3.8) is 0 Å². The number of aryl methyl sites for hydroxylation is 1. The number of urea groups is 1. The topological polar surface area (TPSA) is 104 Å². The summed E-state index contributed by atoms with van der Waals surface area (Å²) in [5.74, 6) is -0.362. The van der Waals surface area contributed by atoms with Crippen LogP contribution < -0.4 is 10.6 Å². The van der Waals surface area contributed by atoms with Gasteiger partial charge in [-0.15, -0.1) is 10.2 Å². The van der Waals surface area contributed by atoms with E-state index in [4.69, 9.17) is 0 Å². The van der Waals surface area contributed by atoms with Gasteiger partial charge in [-0.3, -0.25) is 19.8 Å². The first-order valence-corrected chi connectivity index (χ1v) is 10.2. The van der Waals surface area contributed by atoms with E-state index >= 15 is 0 Å². The van der Waals surface area contributed by atoms with E-state index in [0.717, 1.165) is 46.7 Å². The molecule has 2 aromatic rings. The van der Waals surface area contributed by atoms with E-state index in [2.05, 4.69) is 20.8 Å². The van der Waals surface area contributed by atoms with Crippen molar-refractivity contribution in [2.24, 2.45) is 0 Å². The standard InChI is InChI=1S/C19H19N5O3S/c25-14(20-17-23-22-15(28-17)12-7-8-12)10-24-16(26)19(21-18(24)27)9-3-5-11-4-1-2-6-13(11)19/h1-2,4,6,12H,3,5,7-10H2,(H,21,27)(H,20,23,25). The average molecular weight is 397 g/mol. The summed E-state index contributed by atoms with van der Waals surface area (Å²) in [6.45, 7) is -0.340. The van der Waals surface area contributed by atoms with E-state index in [1.807, 2.05) is 24.3 Å². The number of hydrogen-bond acceptors (Lipinski definition) is 6. The molecule has 8 nitrogen and oxygen atoms in total. The smallest absolute Gasteiger partial charge is 0.319 e. The molecule has 2 N–H and O–H groups in total. The summed E-state index contributed by atoms with van der Waals surface area (Å²) >= 11 is 1.35. The predicted molar refractivity (Wildman–Crippen MR) is 102 cm³/mol. The maximum absolute atomic E-state index is 13.2. The minimum atomic E-state index is -1.06. The van der Waals surface area contributed by atoms with Crippen LogP contribution in [0.5, 0.6) is 0 Å². The van der Waals surface area contributed by atoms with Crippen LogP contribution in [0.1, 0.15) is 47.7 Å². The molecule has 0 bridgehead atoms. The van der Waals surface area contributed by atoms with Crippen LogP contribution >= 0.6 is 11.3 Å². The zero-order valence-corrected chi connectivity index (χ0v) is 15.9. The molecule has 2 aliphatic carbocycles. The fourth-order valence-corrected chi connectivity index (χ4v) is 4.97. The number of carbonyl (C=O) groups is 3. The lowest BCUT2D eigenvalue weighted by Gasteiger charge is -2.33. The third-order valence-electron chi connectivity index (χ3n) is 5.57. The number of benzene rings is 1. The Balaban J connectivity index is 1.33. The molecule has 1 unspecified atom stereocenters. The third-order valence-corrected chi connectivity index (χ3v) is 6.57. The second-order valence-corrected chi connectivity index (χ2v) is 8.51. The summed E-state index contributed by atoms with van der Waals surface area (Å²) in [7, 11) is 0. The Morgan fingerprint density at radius 3 is 2.93 bits per heavy atom. The number of amides is 4. The Hall–Kier alpha value is -2.81. The van der Waals surface area contributed by atoms with Crippen LogP contribution in [-0.2, 0) is 21.5 Å². The number of rotatable bonds is 4. The van der Waals surface area contributed by atoms with Crippen LogP contribution in [0.25, 0.3) is 0 Å². The van der Waals surface area contributed by atoms with Gasteiger partial charge in [-0.05, 0) is 43.2 Å². The Labute approximate surface area is 165 Å². The van der Waals surface area contributed by atoms with Gasteiger partial charge in [0.15, 0.2) is 0 Å². The summed E-state index contributed by atoms with van der Waals surface area (Å²) in [4.78, 5) is 39.2. The highest BCUT2D eigenvalue weighted by molar-refractivity contribution is 7.15. The Morgan fingerprint density at radius 2 is 2.11 bits per heavy atom. The van der Waals surface area contributed by atoms with Crippen LogP contribution in [0.4, 0.5) is 9.93 Å². The highest BCUT2D eigenvalue weighted by Gasteiger charge is 2.54. The molecule has 1 aliphatic heterocycles. The average Bonchev–Trinajstić information content (AvgIpc) is 3.40. The number of nitrogens with one attached hydrogen (secondary N) is 2. The molecule has 1 aromatic carbocycles. The monoisotopic (exact) mass is 397 g/mol. The highest BCUT2D eigenvalue weighted by atomic mass is 32.1. The maximum atomic E-state index is 13.2. The lowest BCUT2D eigenvalue weighted by atomic mass is 9.76. The normalized spacial score (nSPS) is 23.6. The number of aromatic nitrogens is 2. The molecule has 1 atom stereocenters. The van der Waals surface area contributed by atoms with Gasteiger partial charge < -0.3 is 5.32 Å². The van der Waals surface area contributed by atoms with Gasteiger partial charge in [0.25, 0.3) is 5.91 Å². The number of fused-ring (bicyclic) bond motifs is 2. The SMILES string of the molecule is O=C(CN1C(=O)NC2(CCCc3ccccc32)C1=O)Nc1nnc(C2CC2)s1. The molecule has 1 aromatic heterocycles. The first-order chi connectivity index (χ1) is 13.6. The third kappa shape index (κ3) is 2.77. The van der Waals surface area contributed by atoms with E-state index in [-0.39, 0.29) is 12.5 Å². The van der Waals surface area contributed by atoms with Crippen molar-refractivity contribution in [1.82, 2.24) is 20.4 Å². The highest BCUT2D eigenvalue weighted by Crippen LogP contribution is 2.42. The van der Waals surface area contributed by atoms with Gasteiger partial charge in [0.05, 0.1) is 0 Å². The van der Waals surface area contributed by atoms with Crippen LogP contribution in [0.2, 0.25) is 0 Å². The molecule has 28 heavy (non-hydrogen) atoms. The Kier molecular flexibility index (Phi) is 3.94. The summed E-state index contributed by atoms with van der Waals surface area (Å²) in [5, 5.41) is 14.9.